The summed E-state index contributed by atoms with van der Waals surface area (Å²) in [5.41, 5.74) is 2.50. The second kappa shape index (κ2) is 11.0. The number of piperidine rings is 2. The third-order valence-corrected chi connectivity index (χ3v) is 7.78. The van der Waals surface area contributed by atoms with E-state index in [1.54, 1.807) is 0 Å². The molecule has 2 aliphatic heterocycles. The summed E-state index contributed by atoms with van der Waals surface area (Å²) in [5, 5.41) is 9.39. The van der Waals surface area contributed by atoms with Gasteiger partial charge in [0, 0.05) is 36.3 Å². The SMILES string of the molecule is Cc1ccc(C)n1-n1c(CCCN2CCCC[C@H]2C)nnc1CCCN1CCCC[C@H]1C. The van der Waals surface area contributed by atoms with Crippen LogP contribution in [-0.4, -0.2) is 67.6 Å². The molecule has 2 aromatic rings. The van der Waals surface area contributed by atoms with Crippen LogP contribution in [0.3, 0.4) is 0 Å². The maximum absolute atomic E-state index is 4.70. The van der Waals surface area contributed by atoms with Crippen LogP contribution in [0.1, 0.15) is 88.3 Å². The van der Waals surface area contributed by atoms with Crippen LogP contribution >= 0.6 is 0 Å². The number of rotatable bonds is 9. The zero-order chi connectivity index (χ0) is 22.5. The second-order valence-corrected chi connectivity index (χ2v) is 10.2. The van der Waals surface area contributed by atoms with Gasteiger partial charge in [0.15, 0.2) is 11.6 Å². The largest absolute Gasteiger partial charge is 0.301 e. The molecule has 2 saturated heterocycles. The fourth-order valence-electron chi connectivity index (χ4n) is 5.73. The van der Waals surface area contributed by atoms with Gasteiger partial charge in [0.25, 0.3) is 0 Å². The van der Waals surface area contributed by atoms with E-state index in [0.717, 1.165) is 49.4 Å². The van der Waals surface area contributed by atoms with Crippen molar-refractivity contribution in [2.45, 2.75) is 104 Å². The van der Waals surface area contributed by atoms with Crippen molar-refractivity contribution < 1.29 is 0 Å². The van der Waals surface area contributed by atoms with Gasteiger partial charge in [-0.3, -0.25) is 4.68 Å². The van der Waals surface area contributed by atoms with Crippen molar-refractivity contribution in [1.29, 1.82) is 0 Å². The highest BCUT2D eigenvalue weighted by atomic mass is 15.5. The molecule has 0 radical (unpaired) electrons. The van der Waals surface area contributed by atoms with Crippen molar-refractivity contribution in [2.24, 2.45) is 0 Å². The van der Waals surface area contributed by atoms with E-state index in [9.17, 15) is 0 Å². The Morgan fingerprint density at radius 1 is 0.719 bits per heavy atom. The second-order valence-electron chi connectivity index (χ2n) is 10.2. The Morgan fingerprint density at radius 3 is 1.62 bits per heavy atom. The first kappa shape index (κ1) is 23.5. The van der Waals surface area contributed by atoms with Gasteiger partial charge in [0.05, 0.1) is 0 Å². The summed E-state index contributed by atoms with van der Waals surface area (Å²) < 4.78 is 4.64. The minimum atomic E-state index is 0.725. The van der Waals surface area contributed by atoms with E-state index in [2.05, 4.69) is 59.0 Å². The molecule has 2 atom stereocenters. The van der Waals surface area contributed by atoms with Gasteiger partial charge < -0.3 is 9.80 Å². The summed E-state index contributed by atoms with van der Waals surface area (Å²) >= 11 is 0. The van der Waals surface area contributed by atoms with Crippen LogP contribution in [0, 0.1) is 13.8 Å². The van der Waals surface area contributed by atoms with Crippen LogP contribution in [-0.2, 0) is 12.8 Å². The molecule has 0 N–H and O–H groups in total. The summed E-state index contributed by atoms with van der Waals surface area (Å²) in [6.07, 6.45) is 12.4. The molecule has 2 aromatic heterocycles. The van der Waals surface area contributed by atoms with Gasteiger partial charge in [-0.05, 0) is 105 Å². The third kappa shape index (κ3) is 5.45. The normalized spacial score (nSPS) is 23.1. The van der Waals surface area contributed by atoms with Crippen molar-refractivity contribution in [3.63, 3.8) is 0 Å². The number of hydrogen-bond donors (Lipinski definition) is 0. The maximum Gasteiger partial charge on any atom is 0.153 e. The van der Waals surface area contributed by atoms with Gasteiger partial charge in [0.2, 0.25) is 0 Å². The molecule has 0 aliphatic carbocycles. The smallest absolute Gasteiger partial charge is 0.153 e. The number of aryl methyl sites for hydroxylation is 4. The number of aromatic nitrogens is 4. The molecule has 2 fully saturated rings. The third-order valence-electron chi connectivity index (χ3n) is 7.78. The Kier molecular flexibility index (Phi) is 8.06. The monoisotopic (exact) mass is 440 g/mol. The van der Waals surface area contributed by atoms with E-state index in [1.807, 2.05) is 0 Å². The lowest BCUT2D eigenvalue weighted by atomic mass is 10.0. The zero-order valence-electron chi connectivity index (χ0n) is 20.9. The molecule has 32 heavy (non-hydrogen) atoms. The molecule has 2 aliphatic rings. The number of hydrogen-bond acceptors (Lipinski definition) is 4. The fourth-order valence-corrected chi connectivity index (χ4v) is 5.73. The molecule has 0 aromatic carbocycles. The Bertz CT molecular complexity index is 788. The lowest BCUT2D eigenvalue weighted by Gasteiger charge is -2.33. The topological polar surface area (TPSA) is 42.1 Å². The summed E-state index contributed by atoms with van der Waals surface area (Å²) in [6.45, 7) is 14.0. The Labute approximate surface area is 195 Å². The molecule has 6 nitrogen and oxygen atoms in total. The highest BCUT2D eigenvalue weighted by Crippen LogP contribution is 2.20. The molecule has 0 bridgehead atoms. The van der Waals surface area contributed by atoms with Crippen molar-refractivity contribution in [1.82, 2.24) is 29.3 Å². The summed E-state index contributed by atoms with van der Waals surface area (Å²) in [7, 11) is 0. The van der Waals surface area contributed by atoms with Crippen molar-refractivity contribution in [3.05, 3.63) is 35.2 Å². The van der Waals surface area contributed by atoms with Gasteiger partial charge in [-0.15, -0.1) is 10.2 Å². The Hall–Kier alpha value is -1.66. The van der Waals surface area contributed by atoms with Gasteiger partial charge in [0.1, 0.15) is 0 Å². The molecule has 178 valence electrons. The van der Waals surface area contributed by atoms with Gasteiger partial charge in [-0.25, -0.2) is 4.68 Å². The minimum Gasteiger partial charge on any atom is -0.301 e. The van der Waals surface area contributed by atoms with E-state index in [-0.39, 0.29) is 0 Å². The maximum atomic E-state index is 4.70. The van der Waals surface area contributed by atoms with Crippen molar-refractivity contribution >= 4 is 0 Å². The quantitative estimate of drug-likeness (QED) is 0.570. The number of nitrogens with zero attached hydrogens (tertiary/aromatic N) is 6. The van der Waals surface area contributed by atoms with E-state index >= 15 is 0 Å². The molecule has 0 amide bonds. The van der Waals surface area contributed by atoms with Gasteiger partial charge in [-0.1, -0.05) is 12.8 Å². The highest BCUT2D eigenvalue weighted by molar-refractivity contribution is 5.16. The zero-order valence-corrected chi connectivity index (χ0v) is 20.9. The summed E-state index contributed by atoms with van der Waals surface area (Å²) in [5.74, 6) is 2.22. The molecule has 0 saturated carbocycles. The van der Waals surface area contributed by atoms with Crippen LogP contribution in [0.15, 0.2) is 12.1 Å². The lowest BCUT2D eigenvalue weighted by molar-refractivity contribution is 0.158. The first-order valence-corrected chi connectivity index (χ1v) is 13.1. The molecule has 4 rings (SSSR count). The Balaban J connectivity index is 1.44. The van der Waals surface area contributed by atoms with Crippen molar-refractivity contribution in [2.75, 3.05) is 26.2 Å². The van der Waals surface area contributed by atoms with E-state index in [1.165, 1.54) is 76.1 Å². The molecule has 6 heteroatoms. The predicted molar refractivity (Wildman–Crippen MR) is 131 cm³/mol. The molecular formula is C26H44N6. The van der Waals surface area contributed by atoms with Gasteiger partial charge in [-0.2, -0.15) is 0 Å². The van der Waals surface area contributed by atoms with E-state index in [4.69, 9.17) is 10.2 Å². The van der Waals surface area contributed by atoms with Crippen molar-refractivity contribution in [3.8, 4) is 0 Å². The van der Waals surface area contributed by atoms with Gasteiger partial charge >= 0.3 is 0 Å². The van der Waals surface area contributed by atoms with Crippen LogP contribution in [0.5, 0.6) is 0 Å². The van der Waals surface area contributed by atoms with E-state index < -0.39 is 0 Å². The van der Waals surface area contributed by atoms with Crippen LogP contribution in [0.2, 0.25) is 0 Å². The average molecular weight is 441 g/mol. The van der Waals surface area contributed by atoms with Crippen LogP contribution in [0.25, 0.3) is 0 Å². The van der Waals surface area contributed by atoms with Crippen LogP contribution < -0.4 is 0 Å². The Morgan fingerprint density at radius 2 is 1.19 bits per heavy atom. The first-order chi connectivity index (χ1) is 15.5. The molecule has 0 unspecified atom stereocenters. The minimum absolute atomic E-state index is 0.725. The lowest BCUT2D eigenvalue weighted by Crippen LogP contribution is -2.38. The molecule has 4 heterocycles. The van der Waals surface area contributed by atoms with Crippen LogP contribution in [0.4, 0.5) is 0 Å². The standard InChI is InChI=1S/C26H44N6/c1-21-11-5-7-17-29(21)19-9-13-25-27-28-26(32(25)31-23(3)15-16-24(31)4)14-10-20-30-18-8-6-12-22(30)2/h15-16,21-22H,5-14,17-20H2,1-4H3/t21-,22-/m1/s1. The average Bonchev–Trinajstić information content (AvgIpc) is 3.32. The van der Waals surface area contributed by atoms with E-state index in [0.29, 0.717) is 0 Å². The summed E-state index contributed by atoms with van der Waals surface area (Å²) in [4.78, 5) is 5.33. The highest BCUT2D eigenvalue weighted by Gasteiger charge is 2.21. The number of likely N-dealkylation sites (tertiary alicyclic amines) is 2. The molecular weight excluding hydrogens is 396 g/mol. The molecule has 0 spiro atoms. The first-order valence-electron chi connectivity index (χ1n) is 13.1. The summed E-state index contributed by atoms with van der Waals surface area (Å²) in [6, 6.07) is 5.85. The fraction of sp³-hybridized carbons (Fsp3) is 0.769. The predicted octanol–water partition coefficient (Wildman–Crippen LogP) is 4.62.